The Hall–Kier alpha value is -2.39. The highest BCUT2D eigenvalue weighted by Gasteiger charge is 2.48. The lowest BCUT2D eigenvalue weighted by Crippen LogP contribution is -2.60. The average Bonchev–Trinajstić information content (AvgIpc) is 3.17. The summed E-state index contributed by atoms with van der Waals surface area (Å²) in [6.07, 6.45) is 2.50. The van der Waals surface area contributed by atoms with Gasteiger partial charge in [0.1, 0.15) is 12.3 Å². The van der Waals surface area contributed by atoms with Gasteiger partial charge in [-0.15, -0.1) is 0 Å². The first kappa shape index (κ1) is 19.9. The zero-order chi connectivity index (χ0) is 20.8. The SMILES string of the molecule is CN1CCC2(C1)CN(C(=O)Cn1cc([NH-])c(-c3cc(Cl)ccc3OC(F)F)n1)C2. The summed E-state index contributed by atoms with van der Waals surface area (Å²) in [6.45, 7) is 0.499. The van der Waals surface area contributed by atoms with Gasteiger partial charge in [0.25, 0.3) is 0 Å². The summed E-state index contributed by atoms with van der Waals surface area (Å²) in [4.78, 5) is 16.7. The van der Waals surface area contributed by atoms with Crippen LogP contribution in [0.25, 0.3) is 17.0 Å². The monoisotopic (exact) mass is 424 g/mol. The fraction of sp³-hybridized carbons (Fsp3) is 0.474. The Balaban J connectivity index is 1.48. The van der Waals surface area contributed by atoms with Gasteiger partial charge < -0.3 is 20.3 Å². The first-order chi connectivity index (χ1) is 13.7. The molecule has 2 aliphatic rings. The van der Waals surface area contributed by atoms with Crippen LogP contribution in [0.5, 0.6) is 5.75 Å². The van der Waals surface area contributed by atoms with Crippen molar-refractivity contribution in [3.63, 3.8) is 0 Å². The van der Waals surface area contributed by atoms with Crippen LogP contribution in [-0.2, 0) is 11.3 Å². The van der Waals surface area contributed by atoms with Gasteiger partial charge >= 0.3 is 6.61 Å². The second-order valence-corrected chi connectivity index (χ2v) is 8.28. The minimum atomic E-state index is -3.01. The molecular formula is C19H21ClF2N5O2-. The molecule has 0 aliphatic carbocycles. The number of amides is 1. The number of alkyl halides is 2. The van der Waals surface area contributed by atoms with Crippen LogP contribution in [0.4, 0.5) is 14.5 Å². The summed E-state index contributed by atoms with van der Waals surface area (Å²) in [7, 11) is 2.09. The molecule has 0 bridgehead atoms. The van der Waals surface area contributed by atoms with E-state index in [1.165, 1.54) is 29.1 Å². The van der Waals surface area contributed by atoms with E-state index in [1.807, 2.05) is 0 Å². The van der Waals surface area contributed by atoms with Crippen molar-refractivity contribution in [1.82, 2.24) is 19.6 Å². The van der Waals surface area contributed by atoms with Crippen molar-refractivity contribution in [2.75, 3.05) is 33.2 Å². The molecule has 10 heteroatoms. The van der Waals surface area contributed by atoms with Gasteiger partial charge in [-0.1, -0.05) is 17.3 Å². The normalized spacial score (nSPS) is 18.4. The maximum atomic E-state index is 12.7. The fourth-order valence-corrected chi connectivity index (χ4v) is 4.35. The molecule has 1 N–H and O–H groups in total. The third-order valence-electron chi connectivity index (χ3n) is 5.51. The van der Waals surface area contributed by atoms with E-state index in [0.29, 0.717) is 5.02 Å². The third-order valence-corrected chi connectivity index (χ3v) is 5.74. The molecule has 4 rings (SSSR count). The fourth-order valence-electron chi connectivity index (χ4n) is 4.18. The molecule has 1 aromatic carbocycles. The van der Waals surface area contributed by atoms with Gasteiger partial charge in [-0.25, -0.2) is 0 Å². The predicted octanol–water partition coefficient (Wildman–Crippen LogP) is 3.65. The topological polar surface area (TPSA) is 74.4 Å². The number of halogens is 3. The zero-order valence-electron chi connectivity index (χ0n) is 15.9. The molecule has 0 radical (unpaired) electrons. The molecule has 1 amide bonds. The van der Waals surface area contributed by atoms with Crippen LogP contribution in [0.15, 0.2) is 24.4 Å². The van der Waals surface area contributed by atoms with Crippen LogP contribution in [0.3, 0.4) is 0 Å². The van der Waals surface area contributed by atoms with E-state index in [-0.39, 0.29) is 40.6 Å². The van der Waals surface area contributed by atoms with Crippen LogP contribution >= 0.6 is 11.6 Å². The second kappa shape index (κ2) is 7.46. The van der Waals surface area contributed by atoms with E-state index >= 15 is 0 Å². The van der Waals surface area contributed by atoms with E-state index < -0.39 is 6.61 Å². The molecule has 1 spiro atoms. The number of benzene rings is 1. The molecule has 2 aromatic rings. The highest BCUT2D eigenvalue weighted by Crippen LogP contribution is 2.40. The van der Waals surface area contributed by atoms with Crippen LogP contribution in [-0.4, -0.2) is 65.3 Å². The van der Waals surface area contributed by atoms with Crippen molar-refractivity contribution in [3.8, 4) is 17.0 Å². The number of rotatable bonds is 5. The summed E-state index contributed by atoms with van der Waals surface area (Å²) in [5, 5.41) is 4.57. The van der Waals surface area contributed by atoms with Gasteiger partial charge in [0.2, 0.25) is 5.91 Å². The summed E-state index contributed by atoms with van der Waals surface area (Å²) < 4.78 is 31.3. The van der Waals surface area contributed by atoms with Gasteiger partial charge in [0.15, 0.2) is 0 Å². The van der Waals surface area contributed by atoms with Crippen molar-refractivity contribution in [2.45, 2.75) is 19.6 Å². The van der Waals surface area contributed by atoms with Gasteiger partial charge in [-0.2, -0.15) is 13.9 Å². The third kappa shape index (κ3) is 4.02. The number of carbonyl (C=O) groups excluding carboxylic acids is 1. The van der Waals surface area contributed by atoms with Crippen LogP contribution in [0.1, 0.15) is 6.42 Å². The standard InChI is InChI=1S/C19H21ClF2N5O2/c1-25-5-4-19(9-25)10-26(11-19)16(28)8-27-7-14(23)17(24-27)13-6-12(20)2-3-15(13)29-18(21)22/h2-3,6-7,18,23H,4-5,8-11H2,1H3/q-1. The molecule has 2 aliphatic heterocycles. The molecule has 2 saturated heterocycles. The van der Waals surface area contributed by atoms with Crippen molar-refractivity contribution >= 4 is 23.2 Å². The quantitative estimate of drug-likeness (QED) is 0.734. The number of likely N-dealkylation sites (tertiary alicyclic amines) is 2. The number of nitrogens with zero attached hydrogens (tertiary/aromatic N) is 4. The predicted molar refractivity (Wildman–Crippen MR) is 104 cm³/mol. The Labute approximate surface area is 172 Å². The molecule has 3 heterocycles. The van der Waals surface area contributed by atoms with Crippen LogP contribution < -0.4 is 4.74 Å². The van der Waals surface area contributed by atoms with Gasteiger partial charge in [-0.05, 0) is 38.2 Å². The smallest absolute Gasteiger partial charge is 0.387 e. The molecule has 7 nitrogen and oxygen atoms in total. The summed E-state index contributed by atoms with van der Waals surface area (Å²) in [5.74, 6) is -0.195. The average molecular weight is 425 g/mol. The Morgan fingerprint density at radius 2 is 2.14 bits per heavy atom. The van der Waals surface area contributed by atoms with E-state index in [4.69, 9.17) is 17.3 Å². The van der Waals surface area contributed by atoms with Crippen molar-refractivity contribution < 1.29 is 18.3 Å². The van der Waals surface area contributed by atoms with Gasteiger partial charge in [0.05, 0.1) is 5.69 Å². The zero-order valence-corrected chi connectivity index (χ0v) is 16.6. The summed E-state index contributed by atoms with van der Waals surface area (Å²) >= 11 is 5.98. The second-order valence-electron chi connectivity index (χ2n) is 7.85. The Morgan fingerprint density at radius 3 is 2.79 bits per heavy atom. The van der Waals surface area contributed by atoms with Crippen molar-refractivity contribution in [1.29, 1.82) is 0 Å². The highest BCUT2D eigenvalue weighted by molar-refractivity contribution is 6.31. The lowest BCUT2D eigenvalue weighted by molar-refractivity contribution is -0.143. The Bertz CT molecular complexity index is 929. The molecule has 0 saturated carbocycles. The van der Waals surface area contributed by atoms with E-state index in [0.717, 1.165) is 32.6 Å². The van der Waals surface area contributed by atoms with Crippen LogP contribution in [0.2, 0.25) is 5.02 Å². The minimum Gasteiger partial charge on any atom is -0.696 e. The lowest BCUT2D eigenvalue weighted by Gasteiger charge is -2.48. The number of nitrogens with one attached hydrogen (secondary N) is 1. The number of hydrogen-bond acceptors (Lipinski definition) is 4. The number of hydrogen-bond donors (Lipinski definition) is 0. The maximum absolute atomic E-state index is 12.7. The van der Waals surface area contributed by atoms with E-state index in [1.54, 1.807) is 4.90 Å². The molecule has 1 aromatic heterocycles. The summed E-state index contributed by atoms with van der Waals surface area (Å²) in [6, 6.07) is 4.15. The van der Waals surface area contributed by atoms with Crippen molar-refractivity contribution in [3.05, 3.63) is 35.2 Å². The lowest BCUT2D eigenvalue weighted by atomic mass is 9.79. The Morgan fingerprint density at radius 1 is 1.38 bits per heavy atom. The number of carbonyl (C=O) groups is 1. The van der Waals surface area contributed by atoms with E-state index in [2.05, 4.69) is 21.8 Å². The molecule has 156 valence electrons. The van der Waals surface area contributed by atoms with Gasteiger partial charge in [-0.3, -0.25) is 9.48 Å². The molecular weight excluding hydrogens is 404 g/mol. The van der Waals surface area contributed by atoms with E-state index in [9.17, 15) is 13.6 Å². The highest BCUT2D eigenvalue weighted by atomic mass is 35.5. The maximum Gasteiger partial charge on any atom is 0.387 e. The van der Waals surface area contributed by atoms with Crippen molar-refractivity contribution in [2.24, 2.45) is 5.41 Å². The number of ether oxygens (including phenoxy) is 1. The Kier molecular flexibility index (Phi) is 5.12. The summed E-state index contributed by atoms with van der Waals surface area (Å²) in [5.41, 5.74) is 8.67. The minimum absolute atomic E-state index is 0.00307. The number of aromatic nitrogens is 2. The van der Waals surface area contributed by atoms with Gasteiger partial charge in [0, 0.05) is 41.8 Å². The first-order valence-corrected chi connectivity index (χ1v) is 9.63. The van der Waals surface area contributed by atoms with Crippen LogP contribution in [0, 0.1) is 5.41 Å². The molecule has 0 unspecified atom stereocenters. The molecule has 29 heavy (non-hydrogen) atoms. The molecule has 0 atom stereocenters. The molecule has 2 fully saturated rings. The first-order valence-electron chi connectivity index (χ1n) is 9.25. The largest absolute Gasteiger partial charge is 0.696 e.